The minimum Gasteiger partial charge on any atom is -0.464 e. The molecule has 2 aliphatic rings. The van der Waals surface area contributed by atoms with Crippen molar-refractivity contribution in [3.63, 3.8) is 0 Å². The molecule has 0 aromatic carbocycles. The van der Waals surface area contributed by atoms with Gasteiger partial charge in [0.25, 0.3) is 0 Å². The molecule has 1 atom stereocenters. The Morgan fingerprint density at radius 2 is 1.96 bits per heavy atom. The normalized spacial score (nSPS) is 22.1. The Hall–Kier alpha value is -2.31. The fourth-order valence-corrected chi connectivity index (χ4v) is 3.64. The number of hydrogen-bond donors (Lipinski definition) is 0. The zero-order chi connectivity index (χ0) is 17.3. The molecule has 0 aliphatic carbocycles. The molecule has 0 saturated carbocycles. The molecule has 2 amide bonds. The molecule has 7 nitrogen and oxygen atoms in total. The van der Waals surface area contributed by atoms with Gasteiger partial charge in [-0.3, -0.25) is 9.59 Å². The van der Waals surface area contributed by atoms with Crippen LogP contribution in [0.25, 0.3) is 0 Å². The Bertz CT molecular complexity index is 646. The van der Waals surface area contributed by atoms with E-state index in [1.807, 2.05) is 21.7 Å². The predicted molar refractivity (Wildman–Crippen MR) is 86.4 cm³/mol. The number of aromatic nitrogens is 1. The number of nitrogens with zero attached hydrogens (tertiary/aromatic N) is 3. The molecule has 2 aliphatic heterocycles. The topological polar surface area (TPSA) is 71.8 Å². The van der Waals surface area contributed by atoms with Crippen molar-refractivity contribution in [2.45, 2.75) is 25.3 Å². The summed E-state index contributed by atoms with van der Waals surface area (Å²) in [6, 6.07) is 3.78. The maximum absolute atomic E-state index is 12.6. The molecular weight excluding hydrogens is 310 g/mol. The van der Waals surface area contributed by atoms with Gasteiger partial charge >= 0.3 is 5.97 Å². The van der Waals surface area contributed by atoms with Gasteiger partial charge in [0.15, 0.2) is 0 Å². The summed E-state index contributed by atoms with van der Waals surface area (Å²) in [5, 5.41) is 0. The molecule has 3 heterocycles. The van der Waals surface area contributed by atoms with Gasteiger partial charge in [0, 0.05) is 45.3 Å². The third kappa shape index (κ3) is 3.02. The number of carbonyl (C=O) groups excluding carboxylic acids is 3. The standard InChI is InChI=1S/C17H23N3O4/c1-18-11-12(10-15(18)21)16(22)19-8-5-13(6-9-19)20-7-3-4-14(20)17(23)24-2/h3-4,7,12-13H,5-6,8-11H2,1-2H3/t12-/m0/s1. The van der Waals surface area contributed by atoms with Crippen LogP contribution in [0.3, 0.4) is 0 Å². The molecule has 130 valence electrons. The first kappa shape index (κ1) is 16.5. The Morgan fingerprint density at radius 3 is 2.54 bits per heavy atom. The number of ether oxygens (including phenoxy) is 1. The third-order valence-electron chi connectivity index (χ3n) is 5.03. The van der Waals surface area contributed by atoms with Crippen molar-refractivity contribution in [3.05, 3.63) is 24.0 Å². The van der Waals surface area contributed by atoms with Gasteiger partial charge in [-0.1, -0.05) is 0 Å². The average Bonchev–Trinajstić information content (AvgIpc) is 3.21. The molecule has 3 rings (SSSR count). The van der Waals surface area contributed by atoms with Crippen LogP contribution in [-0.2, 0) is 14.3 Å². The number of esters is 1. The zero-order valence-corrected chi connectivity index (χ0v) is 14.1. The molecule has 0 spiro atoms. The molecule has 2 fully saturated rings. The van der Waals surface area contributed by atoms with Gasteiger partial charge in [0.05, 0.1) is 13.0 Å². The van der Waals surface area contributed by atoms with E-state index in [4.69, 9.17) is 4.74 Å². The van der Waals surface area contributed by atoms with E-state index >= 15 is 0 Å². The van der Waals surface area contributed by atoms with Crippen LogP contribution in [0.4, 0.5) is 0 Å². The summed E-state index contributed by atoms with van der Waals surface area (Å²) < 4.78 is 6.76. The Balaban J connectivity index is 1.60. The zero-order valence-electron chi connectivity index (χ0n) is 14.1. The van der Waals surface area contributed by atoms with Crippen LogP contribution >= 0.6 is 0 Å². The van der Waals surface area contributed by atoms with Gasteiger partial charge in [0.1, 0.15) is 5.69 Å². The fourth-order valence-electron chi connectivity index (χ4n) is 3.64. The smallest absolute Gasteiger partial charge is 0.354 e. The SMILES string of the molecule is COC(=O)c1cccn1C1CCN(C(=O)[C@H]2CC(=O)N(C)C2)CC1. The number of hydrogen-bond acceptors (Lipinski definition) is 4. The quantitative estimate of drug-likeness (QED) is 0.771. The highest BCUT2D eigenvalue weighted by Gasteiger charge is 2.36. The molecule has 2 saturated heterocycles. The number of methoxy groups -OCH3 is 1. The molecule has 1 aromatic heterocycles. The minimum atomic E-state index is -0.342. The minimum absolute atomic E-state index is 0.0401. The van der Waals surface area contributed by atoms with Crippen LogP contribution in [0.1, 0.15) is 35.8 Å². The number of piperidine rings is 1. The highest BCUT2D eigenvalue weighted by Crippen LogP contribution is 2.27. The summed E-state index contributed by atoms with van der Waals surface area (Å²) in [6.07, 6.45) is 3.79. The van der Waals surface area contributed by atoms with Crippen molar-refractivity contribution in [2.24, 2.45) is 5.92 Å². The van der Waals surface area contributed by atoms with E-state index in [9.17, 15) is 14.4 Å². The molecule has 7 heteroatoms. The molecule has 1 aromatic rings. The highest BCUT2D eigenvalue weighted by atomic mass is 16.5. The van der Waals surface area contributed by atoms with Crippen molar-refractivity contribution in [2.75, 3.05) is 33.8 Å². The van der Waals surface area contributed by atoms with Crippen molar-refractivity contribution < 1.29 is 19.1 Å². The second-order valence-electron chi connectivity index (χ2n) is 6.52. The summed E-state index contributed by atoms with van der Waals surface area (Å²) in [6.45, 7) is 1.81. The van der Waals surface area contributed by atoms with E-state index in [1.54, 1.807) is 18.0 Å². The van der Waals surface area contributed by atoms with Gasteiger partial charge in [-0.2, -0.15) is 0 Å². The van der Waals surface area contributed by atoms with Crippen molar-refractivity contribution >= 4 is 17.8 Å². The molecule has 0 radical (unpaired) electrons. The molecule has 24 heavy (non-hydrogen) atoms. The van der Waals surface area contributed by atoms with Gasteiger partial charge in [-0.25, -0.2) is 4.79 Å². The third-order valence-corrected chi connectivity index (χ3v) is 5.03. The monoisotopic (exact) mass is 333 g/mol. The molecular formula is C17H23N3O4. The first-order valence-corrected chi connectivity index (χ1v) is 8.29. The van der Waals surface area contributed by atoms with E-state index < -0.39 is 0 Å². The fraction of sp³-hybridized carbons (Fsp3) is 0.588. The Morgan fingerprint density at radius 1 is 1.25 bits per heavy atom. The van der Waals surface area contributed by atoms with Gasteiger partial charge in [0.2, 0.25) is 11.8 Å². The lowest BCUT2D eigenvalue weighted by Crippen LogP contribution is -2.43. The van der Waals surface area contributed by atoms with E-state index in [0.29, 0.717) is 31.7 Å². The van der Waals surface area contributed by atoms with E-state index in [0.717, 1.165) is 12.8 Å². The number of amides is 2. The molecule has 0 unspecified atom stereocenters. The molecule has 0 bridgehead atoms. The largest absolute Gasteiger partial charge is 0.464 e. The van der Waals surface area contributed by atoms with E-state index in [2.05, 4.69) is 0 Å². The lowest BCUT2D eigenvalue weighted by Gasteiger charge is -2.34. The van der Waals surface area contributed by atoms with Crippen LogP contribution in [0.5, 0.6) is 0 Å². The number of rotatable bonds is 3. The predicted octanol–water partition coefficient (Wildman–Crippen LogP) is 0.916. The van der Waals surface area contributed by atoms with Gasteiger partial charge in [-0.05, 0) is 25.0 Å². The lowest BCUT2D eigenvalue weighted by molar-refractivity contribution is -0.137. The summed E-state index contributed by atoms with van der Waals surface area (Å²) in [7, 11) is 3.11. The second-order valence-corrected chi connectivity index (χ2v) is 6.52. The molecule has 0 N–H and O–H groups in total. The van der Waals surface area contributed by atoms with Crippen LogP contribution in [0, 0.1) is 5.92 Å². The Kier molecular flexibility index (Phi) is 4.59. The first-order valence-electron chi connectivity index (χ1n) is 8.29. The summed E-state index contributed by atoms with van der Waals surface area (Å²) in [5.74, 6) is -0.438. The number of likely N-dealkylation sites (tertiary alicyclic amines) is 2. The number of carbonyl (C=O) groups is 3. The van der Waals surface area contributed by atoms with Crippen molar-refractivity contribution in [3.8, 4) is 0 Å². The highest BCUT2D eigenvalue weighted by molar-refractivity contribution is 5.89. The maximum atomic E-state index is 12.6. The first-order chi connectivity index (χ1) is 11.5. The maximum Gasteiger partial charge on any atom is 0.354 e. The summed E-state index contributed by atoms with van der Waals surface area (Å²) >= 11 is 0. The van der Waals surface area contributed by atoms with Crippen LogP contribution in [-0.4, -0.2) is 65.9 Å². The summed E-state index contributed by atoms with van der Waals surface area (Å²) in [4.78, 5) is 39.5. The Labute approximate surface area is 141 Å². The van der Waals surface area contributed by atoms with E-state index in [-0.39, 0.29) is 29.7 Å². The summed E-state index contributed by atoms with van der Waals surface area (Å²) in [5.41, 5.74) is 0.547. The average molecular weight is 333 g/mol. The van der Waals surface area contributed by atoms with E-state index in [1.165, 1.54) is 7.11 Å². The van der Waals surface area contributed by atoms with Crippen molar-refractivity contribution in [1.29, 1.82) is 0 Å². The van der Waals surface area contributed by atoms with Crippen LogP contribution in [0.15, 0.2) is 18.3 Å². The van der Waals surface area contributed by atoms with Crippen LogP contribution < -0.4 is 0 Å². The second kappa shape index (κ2) is 6.67. The van der Waals surface area contributed by atoms with Crippen molar-refractivity contribution in [1.82, 2.24) is 14.4 Å². The van der Waals surface area contributed by atoms with Gasteiger partial charge in [-0.15, -0.1) is 0 Å². The lowest BCUT2D eigenvalue weighted by atomic mass is 10.0. The van der Waals surface area contributed by atoms with Gasteiger partial charge < -0.3 is 19.1 Å². The van der Waals surface area contributed by atoms with Crippen LogP contribution in [0.2, 0.25) is 0 Å².